The molecule has 17 heavy (non-hydrogen) atoms. The predicted octanol–water partition coefficient (Wildman–Crippen LogP) is -0.873. The van der Waals surface area contributed by atoms with E-state index in [4.69, 9.17) is 5.11 Å². The summed E-state index contributed by atoms with van der Waals surface area (Å²) in [6, 6.07) is 0. The Bertz CT molecular complexity index is 332. The van der Waals surface area contributed by atoms with Crippen molar-refractivity contribution >= 4 is 0 Å². The molecule has 1 aromatic heterocycles. The highest BCUT2D eigenvalue weighted by molar-refractivity contribution is 5.03. The second kappa shape index (κ2) is 6.11. The average molecular weight is 239 g/mol. The van der Waals surface area contributed by atoms with E-state index in [1.165, 1.54) is 0 Å². The van der Waals surface area contributed by atoms with Crippen molar-refractivity contribution in [1.29, 1.82) is 0 Å². The summed E-state index contributed by atoms with van der Waals surface area (Å²) in [7, 11) is 2.15. The van der Waals surface area contributed by atoms with Crippen LogP contribution in [0.25, 0.3) is 0 Å². The third-order valence-corrected chi connectivity index (χ3v) is 3.03. The van der Waals surface area contributed by atoms with Crippen LogP contribution >= 0.6 is 0 Å². The molecule has 2 N–H and O–H groups in total. The number of rotatable bonds is 5. The number of hydrogen-bond donors (Lipinski definition) is 2. The van der Waals surface area contributed by atoms with Gasteiger partial charge >= 0.3 is 0 Å². The lowest BCUT2D eigenvalue weighted by Gasteiger charge is -2.32. The molecule has 1 aromatic rings. The maximum atomic E-state index is 8.80. The quantitative estimate of drug-likeness (QED) is 0.699. The Hall–Kier alpha value is -0.950. The number of nitrogens with one attached hydrogen (secondary N) is 1. The van der Waals surface area contributed by atoms with Gasteiger partial charge in [0.2, 0.25) is 0 Å². The van der Waals surface area contributed by atoms with Gasteiger partial charge in [-0.05, 0) is 7.05 Å². The molecule has 0 bridgehead atoms. The maximum Gasteiger partial charge on any atom is 0.0640 e. The molecule has 0 aromatic carbocycles. The summed E-state index contributed by atoms with van der Waals surface area (Å²) < 4.78 is 1.76. The molecule has 0 amide bonds. The first-order valence-electron chi connectivity index (χ1n) is 6.07. The van der Waals surface area contributed by atoms with Crippen molar-refractivity contribution in [2.45, 2.75) is 13.1 Å². The second-order valence-corrected chi connectivity index (χ2v) is 4.46. The molecule has 1 fully saturated rings. The van der Waals surface area contributed by atoms with Gasteiger partial charge in [-0.1, -0.05) is 0 Å². The zero-order valence-corrected chi connectivity index (χ0v) is 10.3. The number of aliphatic hydroxyl groups excluding tert-OH is 1. The van der Waals surface area contributed by atoms with Crippen LogP contribution in [0.15, 0.2) is 12.4 Å². The maximum absolute atomic E-state index is 8.80. The standard InChI is InChI=1S/C11H21N5O/c1-14-2-4-15(5-3-14)12-8-11-9-13-16(10-11)6-7-17/h9-10,12,17H,2-8H2,1H3. The number of likely N-dealkylation sites (N-methyl/N-ethyl adjacent to an activating group) is 1. The molecule has 1 aliphatic heterocycles. The highest BCUT2D eigenvalue weighted by Gasteiger charge is 2.12. The van der Waals surface area contributed by atoms with E-state index in [9.17, 15) is 0 Å². The summed E-state index contributed by atoms with van der Waals surface area (Å²) >= 11 is 0. The lowest BCUT2D eigenvalue weighted by atomic mass is 10.3. The van der Waals surface area contributed by atoms with E-state index in [-0.39, 0.29) is 6.61 Å². The van der Waals surface area contributed by atoms with Crippen LogP contribution in [0.2, 0.25) is 0 Å². The molecular weight excluding hydrogens is 218 g/mol. The van der Waals surface area contributed by atoms with Gasteiger partial charge in [0, 0.05) is 44.5 Å². The fraction of sp³-hybridized carbons (Fsp3) is 0.727. The zero-order chi connectivity index (χ0) is 12.1. The number of hydrogen-bond acceptors (Lipinski definition) is 5. The third kappa shape index (κ3) is 3.78. The molecule has 0 radical (unpaired) electrons. The highest BCUT2D eigenvalue weighted by Crippen LogP contribution is 2.00. The number of piperazine rings is 1. The summed E-state index contributed by atoms with van der Waals surface area (Å²) in [4.78, 5) is 2.33. The first-order valence-corrected chi connectivity index (χ1v) is 6.07. The van der Waals surface area contributed by atoms with Crippen LogP contribution in [0.1, 0.15) is 5.56 Å². The molecule has 1 saturated heterocycles. The van der Waals surface area contributed by atoms with E-state index in [2.05, 4.69) is 27.5 Å². The average Bonchev–Trinajstić information content (AvgIpc) is 2.77. The Balaban J connectivity index is 1.73. The van der Waals surface area contributed by atoms with Crippen LogP contribution in [0.5, 0.6) is 0 Å². The van der Waals surface area contributed by atoms with Gasteiger partial charge in [0.15, 0.2) is 0 Å². The molecule has 0 spiro atoms. The third-order valence-electron chi connectivity index (χ3n) is 3.03. The number of aliphatic hydroxyl groups is 1. The molecule has 2 heterocycles. The monoisotopic (exact) mass is 239 g/mol. The normalized spacial score (nSPS) is 18.7. The largest absolute Gasteiger partial charge is 0.394 e. The molecule has 6 nitrogen and oxygen atoms in total. The van der Waals surface area contributed by atoms with E-state index in [0.717, 1.165) is 38.3 Å². The van der Waals surface area contributed by atoms with Gasteiger partial charge < -0.3 is 10.0 Å². The van der Waals surface area contributed by atoms with Crippen molar-refractivity contribution in [3.63, 3.8) is 0 Å². The van der Waals surface area contributed by atoms with Gasteiger partial charge in [-0.2, -0.15) is 5.10 Å². The highest BCUT2D eigenvalue weighted by atomic mass is 16.3. The van der Waals surface area contributed by atoms with Crippen molar-refractivity contribution in [3.8, 4) is 0 Å². The predicted molar refractivity (Wildman–Crippen MR) is 65.2 cm³/mol. The molecule has 0 aliphatic carbocycles. The summed E-state index contributed by atoms with van der Waals surface area (Å²) in [5, 5.41) is 15.2. The van der Waals surface area contributed by atoms with Crippen LogP contribution in [0.3, 0.4) is 0 Å². The Kier molecular flexibility index (Phi) is 4.49. The van der Waals surface area contributed by atoms with Gasteiger partial charge in [0.05, 0.1) is 19.3 Å². The summed E-state index contributed by atoms with van der Waals surface area (Å²) in [6.45, 7) is 5.83. The first kappa shape index (κ1) is 12.5. The summed E-state index contributed by atoms with van der Waals surface area (Å²) in [5.41, 5.74) is 4.56. The van der Waals surface area contributed by atoms with E-state index >= 15 is 0 Å². The van der Waals surface area contributed by atoms with E-state index in [1.807, 2.05) is 12.4 Å². The fourth-order valence-electron chi connectivity index (χ4n) is 1.89. The number of aromatic nitrogens is 2. The Morgan fingerprint density at radius 3 is 2.82 bits per heavy atom. The molecule has 96 valence electrons. The molecular formula is C11H21N5O. The Morgan fingerprint density at radius 1 is 1.35 bits per heavy atom. The van der Waals surface area contributed by atoms with Gasteiger partial charge in [-0.3, -0.25) is 10.1 Å². The fourth-order valence-corrected chi connectivity index (χ4v) is 1.89. The Morgan fingerprint density at radius 2 is 2.12 bits per heavy atom. The second-order valence-electron chi connectivity index (χ2n) is 4.46. The molecule has 0 atom stereocenters. The van der Waals surface area contributed by atoms with Crippen LogP contribution < -0.4 is 5.43 Å². The van der Waals surface area contributed by atoms with Crippen molar-refractivity contribution in [2.24, 2.45) is 0 Å². The van der Waals surface area contributed by atoms with Crippen LogP contribution in [-0.4, -0.2) is 64.6 Å². The first-order chi connectivity index (χ1) is 8.28. The van der Waals surface area contributed by atoms with Crippen molar-refractivity contribution in [2.75, 3.05) is 39.8 Å². The lowest BCUT2D eigenvalue weighted by molar-refractivity contribution is 0.102. The van der Waals surface area contributed by atoms with Crippen LogP contribution in [0, 0.1) is 0 Å². The SMILES string of the molecule is CN1CCN(NCc2cnn(CCO)c2)CC1. The van der Waals surface area contributed by atoms with Gasteiger partial charge in [-0.25, -0.2) is 5.01 Å². The molecule has 6 heteroatoms. The zero-order valence-electron chi connectivity index (χ0n) is 10.3. The van der Waals surface area contributed by atoms with Crippen molar-refractivity contribution in [3.05, 3.63) is 18.0 Å². The van der Waals surface area contributed by atoms with Crippen LogP contribution in [-0.2, 0) is 13.1 Å². The van der Waals surface area contributed by atoms with Crippen molar-refractivity contribution < 1.29 is 5.11 Å². The van der Waals surface area contributed by atoms with E-state index in [0.29, 0.717) is 6.54 Å². The van der Waals surface area contributed by atoms with Gasteiger partial charge in [0.1, 0.15) is 0 Å². The molecule has 0 unspecified atom stereocenters. The summed E-state index contributed by atoms with van der Waals surface area (Å²) in [5.74, 6) is 0. The number of hydrazine groups is 1. The molecule has 0 saturated carbocycles. The number of nitrogens with zero attached hydrogens (tertiary/aromatic N) is 4. The van der Waals surface area contributed by atoms with Crippen molar-refractivity contribution in [1.82, 2.24) is 25.1 Å². The molecule has 2 rings (SSSR count). The summed E-state index contributed by atoms with van der Waals surface area (Å²) in [6.07, 6.45) is 3.82. The minimum Gasteiger partial charge on any atom is -0.394 e. The topological polar surface area (TPSA) is 56.6 Å². The lowest BCUT2D eigenvalue weighted by Crippen LogP contribution is -2.50. The minimum absolute atomic E-state index is 0.132. The van der Waals surface area contributed by atoms with Crippen LogP contribution in [0.4, 0.5) is 0 Å². The van der Waals surface area contributed by atoms with E-state index in [1.54, 1.807) is 4.68 Å². The molecule has 1 aliphatic rings. The smallest absolute Gasteiger partial charge is 0.0640 e. The minimum atomic E-state index is 0.132. The van der Waals surface area contributed by atoms with Gasteiger partial charge in [0.25, 0.3) is 0 Å². The Labute approximate surface area is 102 Å². The van der Waals surface area contributed by atoms with Gasteiger partial charge in [-0.15, -0.1) is 0 Å². The van der Waals surface area contributed by atoms with E-state index < -0.39 is 0 Å².